The van der Waals surface area contributed by atoms with Crippen molar-refractivity contribution in [3.05, 3.63) is 56.9 Å². The number of carboxylic acids is 1. The van der Waals surface area contributed by atoms with Gasteiger partial charge in [0.05, 0.1) is 5.39 Å². The number of carboxylic acid groups (broad SMARTS) is 1. The van der Waals surface area contributed by atoms with Gasteiger partial charge >= 0.3 is 5.97 Å². The average molecular weight is 442 g/mol. The third kappa shape index (κ3) is 4.80. The van der Waals surface area contributed by atoms with Gasteiger partial charge in [0, 0.05) is 30.2 Å². The van der Waals surface area contributed by atoms with E-state index in [0.29, 0.717) is 17.4 Å². The van der Waals surface area contributed by atoms with E-state index >= 15 is 0 Å². The van der Waals surface area contributed by atoms with Crippen LogP contribution in [-0.4, -0.2) is 31.5 Å². The van der Waals surface area contributed by atoms with E-state index in [1.807, 2.05) is 0 Å². The van der Waals surface area contributed by atoms with Gasteiger partial charge in [0.1, 0.15) is 28.4 Å². The fourth-order valence-corrected chi connectivity index (χ4v) is 3.89. The van der Waals surface area contributed by atoms with Crippen LogP contribution in [0.25, 0.3) is 11.0 Å². The number of unbranched alkanes of at least 4 members (excludes halogenated alkanes) is 4. The molecule has 0 amide bonds. The van der Waals surface area contributed by atoms with Crippen LogP contribution in [0.2, 0.25) is 0 Å². The first-order valence-corrected chi connectivity index (χ1v) is 10.5. The summed E-state index contributed by atoms with van der Waals surface area (Å²) in [5.41, 5.74) is -0.469. The molecule has 0 aliphatic rings. The van der Waals surface area contributed by atoms with Crippen molar-refractivity contribution in [2.24, 2.45) is 0 Å². The molecule has 0 saturated heterocycles. The predicted molar refractivity (Wildman–Crippen MR) is 118 cm³/mol. The van der Waals surface area contributed by atoms with Crippen molar-refractivity contribution in [2.45, 2.75) is 51.9 Å². The van der Waals surface area contributed by atoms with Gasteiger partial charge < -0.3 is 29.9 Å². The highest BCUT2D eigenvalue weighted by atomic mass is 16.4. The van der Waals surface area contributed by atoms with E-state index in [-0.39, 0.29) is 34.5 Å². The van der Waals surface area contributed by atoms with Gasteiger partial charge in [-0.05, 0) is 24.5 Å². The number of phenolic OH excluding ortho intramolecular Hbond substituents is 3. The average Bonchev–Trinajstić information content (AvgIpc) is 2.70. The highest BCUT2D eigenvalue weighted by molar-refractivity contribution is 5.94. The Bertz CT molecular complexity index is 1210. The number of phenols is 4. The van der Waals surface area contributed by atoms with Gasteiger partial charge in [-0.15, -0.1) is 0 Å². The summed E-state index contributed by atoms with van der Waals surface area (Å²) in [6.07, 6.45) is 5.45. The van der Waals surface area contributed by atoms with Crippen LogP contribution < -0.4 is 5.43 Å². The highest BCUT2D eigenvalue weighted by Gasteiger charge is 2.24. The molecule has 0 saturated carbocycles. The SMILES string of the molecule is CCCCCCCc1cc(O)cc2oc(Cc3c(O)c(O)cc(O)c3C(=O)O)cc(=O)c12. The number of aryl methyl sites for hydroxylation is 1. The lowest BCUT2D eigenvalue weighted by Gasteiger charge is -2.12. The van der Waals surface area contributed by atoms with Gasteiger partial charge in [0.2, 0.25) is 0 Å². The monoisotopic (exact) mass is 442 g/mol. The highest BCUT2D eigenvalue weighted by Crippen LogP contribution is 2.39. The number of hydrogen-bond acceptors (Lipinski definition) is 7. The maximum Gasteiger partial charge on any atom is 0.339 e. The molecule has 32 heavy (non-hydrogen) atoms. The normalized spacial score (nSPS) is 11.2. The van der Waals surface area contributed by atoms with Crippen LogP contribution in [0.4, 0.5) is 0 Å². The number of hydrogen-bond donors (Lipinski definition) is 5. The van der Waals surface area contributed by atoms with Gasteiger partial charge in [-0.2, -0.15) is 0 Å². The number of aromatic carboxylic acids is 1. The van der Waals surface area contributed by atoms with Crippen molar-refractivity contribution in [1.82, 2.24) is 0 Å². The summed E-state index contributed by atoms with van der Waals surface area (Å²) in [7, 11) is 0. The topological polar surface area (TPSA) is 148 Å². The summed E-state index contributed by atoms with van der Waals surface area (Å²) in [4.78, 5) is 24.4. The van der Waals surface area contributed by atoms with Crippen LogP contribution in [-0.2, 0) is 12.8 Å². The molecule has 8 heteroatoms. The van der Waals surface area contributed by atoms with Crippen molar-refractivity contribution in [3.8, 4) is 23.0 Å². The summed E-state index contributed by atoms with van der Waals surface area (Å²) >= 11 is 0. The second kappa shape index (κ2) is 9.64. The molecule has 1 heterocycles. The summed E-state index contributed by atoms with van der Waals surface area (Å²) in [5.74, 6) is -3.73. The molecule has 3 aromatic rings. The maximum atomic E-state index is 12.9. The Morgan fingerprint density at radius 3 is 2.34 bits per heavy atom. The van der Waals surface area contributed by atoms with E-state index in [2.05, 4.69) is 6.92 Å². The molecule has 8 nitrogen and oxygen atoms in total. The van der Waals surface area contributed by atoms with Gasteiger partial charge in [0.15, 0.2) is 16.9 Å². The molecule has 2 aromatic carbocycles. The van der Waals surface area contributed by atoms with Crippen LogP contribution in [0.5, 0.6) is 23.0 Å². The minimum Gasteiger partial charge on any atom is -0.508 e. The molecule has 5 N–H and O–H groups in total. The minimum absolute atomic E-state index is 0.00444. The molecule has 0 atom stereocenters. The molecule has 0 fully saturated rings. The van der Waals surface area contributed by atoms with E-state index in [9.17, 15) is 35.1 Å². The Balaban J connectivity index is 2.01. The smallest absolute Gasteiger partial charge is 0.339 e. The molecule has 0 aliphatic carbocycles. The number of fused-ring (bicyclic) bond motifs is 1. The largest absolute Gasteiger partial charge is 0.508 e. The van der Waals surface area contributed by atoms with Crippen LogP contribution in [0.3, 0.4) is 0 Å². The molecule has 0 unspecified atom stereocenters. The molecule has 0 aliphatic heterocycles. The Morgan fingerprint density at radius 2 is 1.66 bits per heavy atom. The molecule has 0 radical (unpaired) electrons. The van der Waals surface area contributed by atoms with Gasteiger partial charge in [-0.3, -0.25) is 4.79 Å². The third-order valence-electron chi connectivity index (χ3n) is 5.42. The number of benzene rings is 2. The fourth-order valence-electron chi connectivity index (χ4n) is 3.89. The Kier molecular flexibility index (Phi) is 6.92. The first-order chi connectivity index (χ1) is 15.2. The van der Waals surface area contributed by atoms with Crippen molar-refractivity contribution >= 4 is 16.9 Å². The van der Waals surface area contributed by atoms with Crippen LogP contribution in [0, 0.1) is 0 Å². The molecule has 0 spiro atoms. The van der Waals surface area contributed by atoms with Crippen molar-refractivity contribution < 1.29 is 34.7 Å². The van der Waals surface area contributed by atoms with E-state index in [1.54, 1.807) is 6.07 Å². The molecular weight excluding hydrogens is 416 g/mol. The minimum atomic E-state index is -1.51. The van der Waals surface area contributed by atoms with E-state index < -0.39 is 28.8 Å². The lowest BCUT2D eigenvalue weighted by Crippen LogP contribution is -2.08. The van der Waals surface area contributed by atoms with Gasteiger partial charge in [0.25, 0.3) is 0 Å². The van der Waals surface area contributed by atoms with Crippen molar-refractivity contribution in [2.75, 3.05) is 0 Å². The maximum absolute atomic E-state index is 12.9. The zero-order chi connectivity index (χ0) is 23.4. The summed E-state index contributed by atoms with van der Waals surface area (Å²) in [5, 5.41) is 49.7. The Morgan fingerprint density at radius 1 is 0.938 bits per heavy atom. The quantitative estimate of drug-likeness (QED) is 0.186. The number of carbonyl (C=O) groups is 1. The lowest BCUT2D eigenvalue weighted by molar-refractivity contribution is 0.0692. The standard InChI is InChI=1S/C24H26O8/c1-2-3-4-5-6-7-13-8-14(25)9-20-21(13)17(26)11-15(32-20)10-16-22(24(30)31)18(27)12-19(28)23(16)29/h8-9,11-12,25,27-29H,2-7,10H2,1H3,(H,30,31). The number of rotatable bonds is 9. The molecule has 170 valence electrons. The summed E-state index contributed by atoms with van der Waals surface area (Å²) < 4.78 is 5.76. The molecule has 0 bridgehead atoms. The molecule has 3 rings (SSSR count). The Hall–Kier alpha value is -3.68. The summed E-state index contributed by atoms with van der Waals surface area (Å²) in [6.45, 7) is 2.13. The predicted octanol–water partition coefficient (Wildman–Crippen LogP) is 4.42. The number of aromatic hydroxyl groups is 4. The van der Waals surface area contributed by atoms with Crippen LogP contribution in [0.15, 0.2) is 33.5 Å². The second-order valence-electron chi connectivity index (χ2n) is 7.82. The van der Waals surface area contributed by atoms with E-state index in [4.69, 9.17) is 4.42 Å². The van der Waals surface area contributed by atoms with Crippen molar-refractivity contribution in [3.63, 3.8) is 0 Å². The first kappa shape index (κ1) is 23.0. The van der Waals surface area contributed by atoms with E-state index in [0.717, 1.165) is 38.2 Å². The van der Waals surface area contributed by atoms with Gasteiger partial charge in [-0.25, -0.2) is 4.79 Å². The molecular formula is C24H26O8. The molecule has 1 aromatic heterocycles. The third-order valence-corrected chi connectivity index (χ3v) is 5.42. The van der Waals surface area contributed by atoms with Crippen molar-refractivity contribution in [1.29, 1.82) is 0 Å². The first-order valence-electron chi connectivity index (χ1n) is 10.5. The summed E-state index contributed by atoms with van der Waals surface area (Å²) in [6, 6.07) is 4.76. The zero-order valence-corrected chi connectivity index (χ0v) is 17.7. The zero-order valence-electron chi connectivity index (χ0n) is 17.7. The second-order valence-corrected chi connectivity index (χ2v) is 7.82. The fraction of sp³-hybridized carbons (Fsp3) is 0.333. The van der Waals surface area contributed by atoms with E-state index in [1.165, 1.54) is 12.1 Å². The lowest BCUT2D eigenvalue weighted by atomic mass is 9.98. The Labute approximate surface area is 184 Å². The van der Waals surface area contributed by atoms with Crippen LogP contribution >= 0.6 is 0 Å². The van der Waals surface area contributed by atoms with Crippen LogP contribution in [0.1, 0.15) is 66.3 Å². The van der Waals surface area contributed by atoms with Gasteiger partial charge in [-0.1, -0.05) is 32.6 Å².